The lowest BCUT2D eigenvalue weighted by molar-refractivity contribution is 0.428. The Morgan fingerprint density at radius 2 is 2.21 bits per heavy atom. The van der Waals surface area contributed by atoms with Crippen LogP contribution in [0.25, 0.3) is 0 Å². The number of hydrogen-bond donors (Lipinski definition) is 0. The number of aliphatic imine (C=N–C) groups is 2. The van der Waals surface area contributed by atoms with E-state index in [1.807, 2.05) is 0 Å². The van der Waals surface area contributed by atoms with E-state index < -0.39 is 0 Å². The van der Waals surface area contributed by atoms with Crippen LogP contribution in [-0.2, 0) is 0 Å². The molecular formula is C10H16N4. The lowest BCUT2D eigenvalue weighted by atomic mass is 10.3. The Balaban J connectivity index is 2.62. The van der Waals surface area contributed by atoms with Gasteiger partial charge in [-0.2, -0.15) is 5.26 Å². The van der Waals surface area contributed by atoms with Crippen LogP contribution in [0.3, 0.4) is 0 Å². The second-order valence-electron chi connectivity index (χ2n) is 3.12. The van der Waals surface area contributed by atoms with Gasteiger partial charge in [-0.05, 0) is 0 Å². The summed E-state index contributed by atoms with van der Waals surface area (Å²) in [5.41, 5.74) is 0. The van der Waals surface area contributed by atoms with Gasteiger partial charge in [0.1, 0.15) is 18.3 Å². The van der Waals surface area contributed by atoms with E-state index >= 15 is 0 Å². The zero-order valence-electron chi connectivity index (χ0n) is 8.82. The Hall–Kier alpha value is -1.37. The molecule has 0 aliphatic carbocycles. The summed E-state index contributed by atoms with van der Waals surface area (Å²) in [5.74, 6) is 1.99. The summed E-state index contributed by atoms with van der Waals surface area (Å²) in [4.78, 5) is 10.8. The summed E-state index contributed by atoms with van der Waals surface area (Å²) >= 11 is 0. The monoisotopic (exact) mass is 192 g/mol. The fourth-order valence-corrected chi connectivity index (χ4v) is 1.38. The van der Waals surface area contributed by atoms with Crippen LogP contribution in [0.15, 0.2) is 9.98 Å². The predicted octanol–water partition coefficient (Wildman–Crippen LogP) is 1.79. The van der Waals surface area contributed by atoms with E-state index in [4.69, 9.17) is 5.26 Å². The third-order valence-corrected chi connectivity index (χ3v) is 2.17. The zero-order valence-corrected chi connectivity index (χ0v) is 8.82. The lowest BCUT2D eigenvalue weighted by Gasteiger charge is -2.26. The Labute approximate surface area is 85.0 Å². The van der Waals surface area contributed by atoms with E-state index in [1.54, 1.807) is 0 Å². The van der Waals surface area contributed by atoms with Crippen molar-refractivity contribution in [2.75, 3.05) is 13.2 Å². The van der Waals surface area contributed by atoms with Crippen LogP contribution < -0.4 is 0 Å². The maximum absolute atomic E-state index is 8.50. The third-order valence-electron chi connectivity index (χ3n) is 2.17. The Kier molecular flexibility index (Phi) is 4.11. The minimum atomic E-state index is 0.538. The molecule has 4 heteroatoms. The summed E-state index contributed by atoms with van der Waals surface area (Å²) < 4.78 is 0. The molecule has 0 aromatic carbocycles. The van der Waals surface area contributed by atoms with Crippen LogP contribution in [0.1, 0.15) is 33.1 Å². The average Bonchev–Trinajstić information content (AvgIpc) is 2.26. The van der Waals surface area contributed by atoms with Crippen molar-refractivity contribution in [3.63, 3.8) is 0 Å². The number of hydrogen-bond acceptors (Lipinski definition) is 4. The van der Waals surface area contributed by atoms with Crippen molar-refractivity contribution in [2.45, 2.75) is 33.1 Å². The first kappa shape index (κ1) is 10.7. The molecule has 0 radical (unpaired) electrons. The van der Waals surface area contributed by atoms with Gasteiger partial charge in [-0.15, -0.1) is 0 Å². The average molecular weight is 192 g/mol. The van der Waals surface area contributed by atoms with Crippen molar-refractivity contribution in [1.29, 1.82) is 5.26 Å². The maximum atomic E-state index is 8.50. The highest BCUT2D eigenvalue weighted by Gasteiger charge is 2.13. The van der Waals surface area contributed by atoms with Crippen molar-refractivity contribution in [1.82, 2.24) is 4.90 Å². The van der Waals surface area contributed by atoms with E-state index in [9.17, 15) is 0 Å². The summed E-state index contributed by atoms with van der Waals surface area (Å²) in [6, 6.07) is 2.14. The molecule has 14 heavy (non-hydrogen) atoms. The zero-order chi connectivity index (χ0) is 10.4. The van der Waals surface area contributed by atoms with Gasteiger partial charge >= 0.3 is 0 Å². The second-order valence-corrected chi connectivity index (χ2v) is 3.12. The molecule has 0 spiro atoms. The highest BCUT2D eigenvalue weighted by atomic mass is 15.3. The van der Waals surface area contributed by atoms with Gasteiger partial charge in [0, 0.05) is 19.4 Å². The van der Waals surface area contributed by atoms with E-state index in [1.165, 1.54) is 0 Å². The standard InChI is InChI=1S/C10H16N4/c1-3-9-12-8-14(7-5-6-11)10(4-2)13-9/h3-5,7-8H2,1-2H3. The smallest absolute Gasteiger partial charge is 0.127 e. The topological polar surface area (TPSA) is 51.8 Å². The van der Waals surface area contributed by atoms with Crippen molar-refractivity contribution in [3.8, 4) is 6.07 Å². The predicted molar refractivity (Wildman–Crippen MR) is 57.3 cm³/mol. The molecule has 1 rings (SSSR count). The number of nitrogens with zero attached hydrogens (tertiary/aromatic N) is 4. The molecule has 0 bridgehead atoms. The minimum Gasteiger partial charge on any atom is -0.339 e. The molecule has 0 unspecified atom stereocenters. The van der Waals surface area contributed by atoms with E-state index in [2.05, 4.69) is 34.8 Å². The van der Waals surface area contributed by atoms with Gasteiger partial charge in [-0.3, -0.25) is 0 Å². The van der Waals surface area contributed by atoms with Gasteiger partial charge in [0.2, 0.25) is 0 Å². The van der Waals surface area contributed by atoms with Gasteiger partial charge in [0.15, 0.2) is 0 Å². The normalized spacial score (nSPS) is 15.9. The van der Waals surface area contributed by atoms with Crippen molar-refractivity contribution in [3.05, 3.63) is 0 Å². The molecule has 0 amide bonds. The summed E-state index contributed by atoms with van der Waals surface area (Å²) in [5, 5.41) is 8.50. The van der Waals surface area contributed by atoms with Crippen molar-refractivity contribution in [2.24, 2.45) is 9.98 Å². The minimum absolute atomic E-state index is 0.538. The van der Waals surface area contributed by atoms with Crippen LogP contribution in [0.2, 0.25) is 0 Å². The molecule has 1 aliphatic rings. The molecule has 76 valence electrons. The first-order valence-electron chi connectivity index (χ1n) is 5.04. The van der Waals surface area contributed by atoms with Crippen molar-refractivity contribution >= 4 is 11.7 Å². The molecule has 0 saturated heterocycles. The molecule has 0 N–H and O–H groups in total. The highest BCUT2D eigenvalue weighted by Crippen LogP contribution is 2.06. The third kappa shape index (κ3) is 2.56. The first-order chi connectivity index (χ1) is 6.81. The van der Waals surface area contributed by atoms with Crippen LogP contribution in [-0.4, -0.2) is 29.8 Å². The Bertz CT molecular complexity index is 285. The largest absolute Gasteiger partial charge is 0.339 e. The fourth-order valence-electron chi connectivity index (χ4n) is 1.38. The molecule has 4 nitrogen and oxygen atoms in total. The first-order valence-corrected chi connectivity index (χ1v) is 5.04. The van der Waals surface area contributed by atoms with Crippen LogP contribution >= 0.6 is 0 Å². The lowest BCUT2D eigenvalue weighted by Crippen LogP contribution is -2.35. The molecule has 0 atom stereocenters. The Morgan fingerprint density at radius 3 is 2.79 bits per heavy atom. The highest BCUT2D eigenvalue weighted by molar-refractivity contribution is 5.98. The number of rotatable bonds is 4. The molecule has 0 aromatic heterocycles. The van der Waals surface area contributed by atoms with E-state index in [-0.39, 0.29) is 0 Å². The molecule has 0 saturated carbocycles. The Morgan fingerprint density at radius 1 is 1.43 bits per heavy atom. The molecular weight excluding hydrogens is 176 g/mol. The van der Waals surface area contributed by atoms with Crippen LogP contribution in [0.5, 0.6) is 0 Å². The van der Waals surface area contributed by atoms with E-state index in [0.29, 0.717) is 13.1 Å². The summed E-state index contributed by atoms with van der Waals surface area (Å²) in [7, 11) is 0. The van der Waals surface area contributed by atoms with Crippen LogP contribution in [0.4, 0.5) is 0 Å². The molecule has 0 fully saturated rings. The quantitative estimate of drug-likeness (QED) is 0.681. The number of nitriles is 1. The molecule has 0 aromatic rings. The van der Waals surface area contributed by atoms with E-state index in [0.717, 1.165) is 31.1 Å². The molecule has 1 heterocycles. The van der Waals surface area contributed by atoms with Crippen molar-refractivity contribution < 1.29 is 0 Å². The molecule has 1 aliphatic heterocycles. The summed E-state index contributed by atoms with van der Waals surface area (Å²) in [6.45, 7) is 5.54. The summed E-state index contributed by atoms with van der Waals surface area (Å²) in [6.07, 6.45) is 2.33. The van der Waals surface area contributed by atoms with Gasteiger partial charge in [-0.25, -0.2) is 9.98 Å². The second kappa shape index (κ2) is 5.38. The van der Waals surface area contributed by atoms with Gasteiger partial charge in [0.25, 0.3) is 0 Å². The maximum Gasteiger partial charge on any atom is 0.127 e. The van der Waals surface area contributed by atoms with Gasteiger partial charge in [-0.1, -0.05) is 13.8 Å². The van der Waals surface area contributed by atoms with Gasteiger partial charge in [0.05, 0.1) is 12.5 Å². The van der Waals surface area contributed by atoms with Gasteiger partial charge < -0.3 is 4.90 Å². The van der Waals surface area contributed by atoms with Crippen LogP contribution in [0, 0.1) is 11.3 Å². The fraction of sp³-hybridized carbons (Fsp3) is 0.700. The SMILES string of the molecule is CCC1=NCN(CCC#N)C(CC)=N1. The number of amidine groups is 2.